The van der Waals surface area contributed by atoms with Crippen LogP contribution in [0.5, 0.6) is 5.75 Å². The zero-order valence-electron chi connectivity index (χ0n) is 11.6. The van der Waals surface area contributed by atoms with Gasteiger partial charge < -0.3 is 10.1 Å². The number of hydrogen-bond donors (Lipinski definition) is 1. The first kappa shape index (κ1) is 13.9. The van der Waals surface area contributed by atoms with Crippen molar-refractivity contribution >= 4 is 23.5 Å². The molecule has 0 spiro atoms. The summed E-state index contributed by atoms with van der Waals surface area (Å²) >= 11 is 1.74. The summed E-state index contributed by atoms with van der Waals surface area (Å²) in [6, 6.07) is 4.49. The smallest absolute Gasteiger partial charge is 0.259 e. The lowest BCUT2D eigenvalue weighted by Crippen LogP contribution is -2.17. The van der Waals surface area contributed by atoms with Crippen LogP contribution in [0.2, 0.25) is 0 Å². The summed E-state index contributed by atoms with van der Waals surface area (Å²) in [7, 11) is 3.13. The van der Waals surface area contributed by atoms with Gasteiger partial charge in [-0.15, -0.1) is 0 Å². The Hall–Kier alpha value is -2.02. The third-order valence-corrected chi connectivity index (χ3v) is 4.34. The molecule has 0 radical (unpaired) electrons. The third-order valence-electron chi connectivity index (χ3n) is 3.37. The Balaban J connectivity index is 1.91. The Morgan fingerprint density at radius 1 is 1.48 bits per heavy atom. The third kappa shape index (κ3) is 2.37. The van der Waals surface area contributed by atoms with E-state index in [1.54, 1.807) is 29.6 Å². The van der Waals surface area contributed by atoms with Gasteiger partial charge in [0.05, 0.1) is 18.4 Å². The number of carbonyl (C=O) groups is 1. The number of aryl methyl sites for hydroxylation is 1. The van der Waals surface area contributed by atoms with Crippen LogP contribution >= 0.6 is 11.8 Å². The van der Waals surface area contributed by atoms with Crippen molar-refractivity contribution in [1.29, 1.82) is 0 Å². The minimum atomic E-state index is -0.661. The van der Waals surface area contributed by atoms with Crippen molar-refractivity contribution in [2.45, 2.75) is 11.5 Å². The molecule has 0 fully saturated rings. The number of fused-ring (bicyclic) bond motifs is 1. The Bertz CT molecular complexity index is 714. The van der Waals surface area contributed by atoms with Gasteiger partial charge in [0.15, 0.2) is 11.6 Å². The number of halogens is 1. The second-order valence-electron chi connectivity index (χ2n) is 4.67. The van der Waals surface area contributed by atoms with Gasteiger partial charge in [-0.2, -0.15) is 16.9 Å². The molecular weight excluding hydrogens is 293 g/mol. The average molecular weight is 307 g/mol. The number of aromatic nitrogens is 2. The number of carbonyl (C=O) groups excluding carboxylic acids is 1. The van der Waals surface area contributed by atoms with Crippen LogP contribution < -0.4 is 10.1 Å². The molecule has 0 unspecified atom stereocenters. The van der Waals surface area contributed by atoms with Gasteiger partial charge in [-0.05, 0) is 12.1 Å². The van der Waals surface area contributed by atoms with Crippen LogP contribution in [0.4, 0.5) is 10.2 Å². The Morgan fingerprint density at radius 2 is 2.29 bits per heavy atom. The number of benzene rings is 1. The molecule has 7 heteroatoms. The van der Waals surface area contributed by atoms with Crippen molar-refractivity contribution in [2.24, 2.45) is 7.05 Å². The molecule has 5 nitrogen and oxygen atoms in total. The predicted octanol–water partition coefficient (Wildman–Crippen LogP) is 2.57. The van der Waals surface area contributed by atoms with Crippen molar-refractivity contribution in [3.8, 4) is 5.75 Å². The van der Waals surface area contributed by atoms with Crippen molar-refractivity contribution in [3.63, 3.8) is 0 Å². The number of nitrogens with one attached hydrogen (secondary N) is 1. The van der Waals surface area contributed by atoms with Crippen molar-refractivity contribution in [3.05, 3.63) is 40.8 Å². The topological polar surface area (TPSA) is 56.1 Å². The average Bonchev–Trinajstić information content (AvgIpc) is 3.02. The van der Waals surface area contributed by atoms with Crippen LogP contribution in [0, 0.1) is 5.82 Å². The van der Waals surface area contributed by atoms with Gasteiger partial charge >= 0.3 is 0 Å². The summed E-state index contributed by atoms with van der Waals surface area (Å²) in [5.41, 5.74) is 1.94. The highest BCUT2D eigenvalue weighted by molar-refractivity contribution is 7.98. The highest BCUT2D eigenvalue weighted by Gasteiger charge is 2.24. The molecule has 1 aromatic heterocycles. The maximum atomic E-state index is 14.1. The van der Waals surface area contributed by atoms with Crippen molar-refractivity contribution in [1.82, 2.24) is 9.78 Å². The SMILES string of the molecule is COc1cccc(C(=O)Nc2c3c(nn2C)CSC3)c1F. The molecule has 0 atom stereocenters. The molecule has 0 bridgehead atoms. The van der Waals surface area contributed by atoms with Crippen LogP contribution in [0.1, 0.15) is 21.6 Å². The predicted molar refractivity (Wildman–Crippen MR) is 79.1 cm³/mol. The molecule has 1 aliphatic heterocycles. The van der Waals surface area contributed by atoms with Crippen LogP contribution in [0.3, 0.4) is 0 Å². The number of methoxy groups -OCH3 is 1. The second kappa shape index (κ2) is 5.40. The summed E-state index contributed by atoms with van der Waals surface area (Å²) in [4.78, 5) is 12.3. The summed E-state index contributed by atoms with van der Waals surface area (Å²) < 4.78 is 20.6. The van der Waals surface area contributed by atoms with Crippen LogP contribution in [0.15, 0.2) is 18.2 Å². The monoisotopic (exact) mass is 307 g/mol. The summed E-state index contributed by atoms with van der Waals surface area (Å²) in [5, 5.41) is 7.11. The molecule has 0 saturated heterocycles. The molecular formula is C14H14FN3O2S. The standard InChI is InChI=1S/C14H14FN3O2S/c1-18-13(9-6-21-7-10(9)17-18)16-14(19)8-4-3-5-11(20-2)12(8)15/h3-5H,6-7H2,1-2H3,(H,16,19). The molecule has 1 aliphatic rings. The van der Waals surface area contributed by atoms with Gasteiger partial charge in [-0.3, -0.25) is 9.48 Å². The van der Waals surface area contributed by atoms with E-state index in [9.17, 15) is 9.18 Å². The van der Waals surface area contributed by atoms with Crippen LogP contribution in [0.25, 0.3) is 0 Å². The fourth-order valence-corrected chi connectivity index (χ4v) is 3.35. The molecule has 3 rings (SSSR count). The first-order valence-corrected chi connectivity index (χ1v) is 7.53. The maximum absolute atomic E-state index is 14.1. The first-order valence-electron chi connectivity index (χ1n) is 6.38. The zero-order chi connectivity index (χ0) is 15.0. The van der Waals surface area contributed by atoms with E-state index >= 15 is 0 Å². The van der Waals surface area contributed by atoms with Crippen molar-refractivity contribution < 1.29 is 13.9 Å². The fraction of sp³-hybridized carbons (Fsp3) is 0.286. The van der Waals surface area contributed by atoms with E-state index in [1.807, 2.05) is 0 Å². The number of amides is 1. The first-order chi connectivity index (χ1) is 10.1. The van der Waals surface area contributed by atoms with Gasteiger partial charge in [0.1, 0.15) is 5.82 Å². The highest BCUT2D eigenvalue weighted by atomic mass is 32.2. The van der Waals surface area contributed by atoms with E-state index in [1.165, 1.54) is 19.2 Å². The number of ether oxygens (including phenoxy) is 1. The van der Waals surface area contributed by atoms with Crippen LogP contribution in [-0.4, -0.2) is 22.8 Å². The lowest BCUT2D eigenvalue weighted by atomic mass is 10.2. The molecule has 110 valence electrons. The lowest BCUT2D eigenvalue weighted by molar-refractivity contribution is 0.102. The molecule has 21 heavy (non-hydrogen) atoms. The molecule has 0 aliphatic carbocycles. The second-order valence-corrected chi connectivity index (χ2v) is 5.65. The number of thioether (sulfide) groups is 1. The largest absolute Gasteiger partial charge is 0.494 e. The zero-order valence-corrected chi connectivity index (χ0v) is 12.5. The van der Waals surface area contributed by atoms with Crippen molar-refractivity contribution in [2.75, 3.05) is 12.4 Å². The fourth-order valence-electron chi connectivity index (χ4n) is 2.32. The molecule has 2 aromatic rings. The minimum Gasteiger partial charge on any atom is -0.494 e. The number of nitrogens with zero attached hydrogens (tertiary/aromatic N) is 2. The Labute approximate surface area is 125 Å². The number of anilines is 1. The minimum absolute atomic E-state index is 0.0463. The highest BCUT2D eigenvalue weighted by Crippen LogP contribution is 2.34. The summed E-state index contributed by atoms with van der Waals surface area (Å²) in [6.45, 7) is 0. The van der Waals surface area contributed by atoms with Gasteiger partial charge in [0.2, 0.25) is 0 Å². The Kier molecular flexibility index (Phi) is 3.59. The molecule has 1 aromatic carbocycles. The number of hydrogen-bond acceptors (Lipinski definition) is 4. The van der Waals surface area contributed by atoms with E-state index in [0.29, 0.717) is 5.82 Å². The van der Waals surface area contributed by atoms with Crippen LogP contribution in [-0.2, 0) is 18.6 Å². The van der Waals surface area contributed by atoms with Gasteiger partial charge in [0.25, 0.3) is 5.91 Å². The molecule has 1 amide bonds. The van der Waals surface area contributed by atoms with Gasteiger partial charge in [0, 0.05) is 24.1 Å². The molecule has 0 saturated carbocycles. The Morgan fingerprint density at radius 3 is 3.05 bits per heavy atom. The summed E-state index contributed by atoms with van der Waals surface area (Å²) in [5.74, 6) is 1.15. The summed E-state index contributed by atoms with van der Waals surface area (Å²) in [6.07, 6.45) is 0. The quantitative estimate of drug-likeness (QED) is 0.947. The van der Waals surface area contributed by atoms with E-state index in [-0.39, 0.29) is 11.3 Å². The molecule has 1 N–H and O–H groups in total. The molecule has 2 heterocycles. The van der Waals surface area contributed by atoms with E-state index in [4.69, 9.17) is 4.74 Å². The van der Waals surface area contributed by atoms with Gasteiger partial charge in [-0.25, -0.2) is 4.39 Å². The van der Waals surface area contributed by atoms with E-state index in [0.717, 1.165) is 22.8 Å². The lowest BCUT2D eigenvalue weighted by Gasteiger charge is -2.09. The number of rotatable bonds is 3. The van der Waals surface area contributed by atoms with Gasteiger partial charge in [-0.1, -0.05) is 6.07 Å². The van der Waals surface area contributed by atoms with E-state index < -0.39 is 11.7 Å². The van der Waals surface area contributed by atoms with E-state index in [2.05, 4.69) is 10.4 Å². The normalized spacial score (nSPS) is 13.1. The maximum Gasteiger partial charge on any atom is 0.259 e.